The van der Waals surface area contributed by atoms with E-state index in [-0.39, 0.29) is 0 Å². The van der Waals surface area contributed by atoms with E-state index in [0.717, 1.165) is 22.7 Å². The number of aromatic nitrogens is 1. The molecule has 25 heavy (non-hydrogen) atoms. The third-order valence-corrected chi connectivity index (χ3v) is 4.61. The zero-order chi connectivity index (χ0) is 18.0. The van der Waals surface area contributed by atoms with Crippen LogP contribution in [0.5, 0.6) is 5.75 Å². The Balaban J connectivity index is 2.11. The first-order valence-corrected chi connectivity index (χ1v) is 8.20. The van der Waals surface area contributed by atoms with E-state index in [4.69, 9.17) is 10.5 Å². The molecule has 1 heterocycles. The molecule has 2 N–H and O–H groups in total. The second-order valence-corrected chi connectivity index (χ2v) is 6.13. The molecule has 0 radical (unpaired) electrons. The SMILES string of the molecule is COc1ccc(-c2cc(C(N)=O)c(C)n2Cc2ccccc2C)cc1. The lowest BCUT2D eigenvalue weighted by Gasteiger charge is -2.14. The maximum absolute atomic E-state index is 11.8. The number of nitrogens with zero attached hydrogens (tertiary/aromatic N) is 1. The van der Waals surface area contributed by atoms with Crippen LogP contribution in [0.25, 0.3) is 11.3 Å². The molecule has 0 fully saturated rings. The van der Waals surface area contributed by atoms with Crippen LogP contribution in [0.2, 0.25) is 0 Å². The second-order valence-electron chi connectivity index (χ2n) is 6.13. The molecule has 0 atom stereocenters. The number of aryl methyl sites for hydroxylation is 1. The summed E-state index contributed by atoms with van der Waals surface area (Å²) in [5.74, 6) is 0.392. The Hall–Kier alpha value is -3.01. The van der Waals surface area contributed by atoms with Gasteiger partial charge >= 0.3 is 0 Å². The van der Waals surface area contributed by atoms with E-state index in [2.05, 4.69) is 23.6 Å². The molecule has 0 spiro atoms. The highest BCUT2D eigenvalue weighted by atomic mass is 16.5. The van der Waals surface area contributed by atoms with Crippen LogP contribution >= 0.6 is 0 Å². The molecule has 4 heteroatoms. The number of methoxy groups -OCH3 is 1. The number of hydrogen-bond donors (Lipinski definition) is 1. The number of ether oxygens (including phenoxy) is 1. The van der Waals surface area contributed by atoms with Gasteiger partial charge in [0.1, 0.15) is 5.75 Å². The van der Waals surface area contributed by atoms with Crippen molar-refractivity contribution in [1.29, 1.82) is 0 Å². The molecule has 1 amide bonds. The van der Waals surface area contributed by atoms with Crippen LogP contribution in [0.4, 0.5) is 0 Å². The van der Waals surface area contributed by atoms with Crippen LogP contribution < -0.4 is 10.5 Å². The van der Waals surface area contributed by atoms with Gasteiger partial charge in [-0.1, -0.05) is 24.3 Å². The Morgan fingerprint density at radius 3 is 2.36 bits per heavy atom. The number of hydrogen-bond acceptors (Lipinski definition) is 2. The van der Waals surface area contributed by atoms with Crippen molar-refractivity contribution in [3.63, 3.8) is 0 Å². The number of carbonyl (C=O) groups is 1. The molecule has 3 rings (SSSR count). The maximum Gasteiger partial charge on any atom is 0.250 e. The molecule has 0 aliphatic heterocycles. The lowest BCUT2D eigenvalue weighted by Crippen LogP contribution is -2.13. The van der Waals surface area contributed by atoms with Gasteiger partial charge in [0.05, 0.1) is 12.7 Å². The van der Waals surface area contributed by atoms with Gasteiger partial charge in [0.25, 0.3) is 5.91 Å². The highest BCUT2D eigenvalue weighted by Gasteiger charge is 2.17. The summed E-state index contributed by atoms with van der Waals surface area (Å²) in [6.07, 6.45) is 0. The summed E-state index contributed by atoms with van der Waals surface area (Å²) >= 11 is 0. The first-order valence-electron chi connectivity index (χ1n) is 8.20. The van der Waals surface area contributed by atoms with E-state index < -0.39 is 5.91 Å². The molecular weight excluding hydrogens is 312 g/mol. The predicted molar refractivity (Wildman–Crippen MR) is 100.0 cm³/mol. The minimum absolute atomic E-state index is 0.407. The lowest BCUT2D eigenvalue weighted by atomic mass is 10.1. The van der Waals surface area contributed by atoms with Crippen molar-refractivity contribution >= 4 is 5.91 Å². The smallest absolute Gasteiger partial charge is 0.250 e. The molecule has 4 nitrogen and oxygen atoms in total. The molecule has 2 aromatic carbocycles. The number of amides is 1. The van der Waals surface area contributed by atoms with Crippen molar-refractivity contribution in [2.45, 2.75) is 20.4 Å². The van der Waals surface area contributed by atoms with Gasteiger partial charge in [-0.2, -0.15) is 0 Å². The standard InChI is InChI=1S/C21H22N2O2/c1-14-6-4-5-7-17(14)13-23-15(2)19(21(22)24)12-20(23)16-8-10-18(25-3)11-9-16/h4-12H,13H2,1-3H3,(H2,22,24). The van der Waals surface area contributed by atoms with Crippen molar-refractivity contribution in [2.75, 3.05) is 7.11 Å². The zero-order valence-electron chi connectivity index (χ0n) is 14.7. The normalized spacial score (nSPS) is 10.7. The van der Waals surface area contributed by atoms with Gasteiger partial charge in [0.15, 0.2) is 0 Å². The molecule has 1 aromatic heterocycles. The molecule has 0 aliphatic carbocycles. The molecule has 128 valence electrons. The van der Waals surface area contributed by atoms with Crippen LogP contribution in [-0.2, 0) is 6.54 Å². The van der Waals surface area contributed by atoms with E-state index in [1.165, 1.54) is 11.1 Å². The summed E-state index contributed by atoms with van der Waals surface area (Å²) in [7, 11) is 1.64. The topological polar surface area (TPSA) is 57.2 Å². The zero-order valence-corrected chi connectivity index (χ0v) is 14.7. The lowest BCUT2D eigenvalue weighted by molar-refractivity contribution is 0.0999. The Morgan fingerprint density at radius 1 is 1.08 bits per heavy atom. The number of nitrogens with two attached hydrogens (primary N) is 1. The molecule has 0 aliphatic rings. The highest BCUT2D eigenvalue weighted by Crippen LogP contribution is 2.28. The third kappa shape index (κ3) is 3.29. The predicted octanol–water partition coefficient (Wildman–Crippen LogP) is 3.93. The summed E-state index contributed by atoms with van der Waals surface area (Å²) in [4.78, 5) is 11.8. The molecule has 3 aromatic rings. The van der Waals surface area contributed by atoms with Gasteiger partial charge in [-0.25, -0.2) is 0 Å². The monoisotopic (exact) mass is 334 g/mol. The van der Waals surface area contributed by atoms with Crippen molar-refractivity contribution in [3.8, 4) is 17.0 Å². The van der Waals surface area contributed by atoms with E-state index >= 15 is 0 Å². The number of rotatable bonds is 5. The first kappa shape index (κ1) is 16.8. The van der Waals surface area contributed by atoms with Gasteiger partial charge in [0, 0.05) is 17.9 Å². The van der Waals surface area contributed by atoms with Crippen molar-refractivity contribution < 1.29 is 9.53 Å². The van der Waals surface area contributed by atoms with Crippen molar-refractivity contribution in [2.24, 2.45) is 5.73 Å². The summed E-state index contributed by atoms with van der Waals surface area (Å²) in [5, 5.41) is 0. The second kappa shape index (κ2) is 6.85. The van der Waals surface area contributed by atoms with Crippen LogP contribution in [-0.4, -0.2) is 17.6 Å². The van der Waals surface area contributed by atoms with Gasteiger partial charge in [-0.05, 0) is 60.9 Å². The molecule has 0 bridgehead atoms. The summed E-state index contributed by atoms with van der Waals surface area (Å²) in [6, 6.07) is 18.0. The average Bonchev–Trinajstić information content (AvgIpc) is 2.94. The van der Waals surface area contributed by atoms with Crippen LogP contribution in [0, 0.1) is 13.8 Å². The summed E-state index contributed by atoms with van der Waals surface area (Å²) in [5.41, 5.74) is 11.4. The number of benzene rings is 2. The van der Waals surface area contributed by atoms with Gasteiger partial charge in [0.2, 0.25) is 0 Å². The summed E-state index contributed by atoms with van der Waals surface area (Å²) in [6.45, 7) is 4.72. The van der Waals surface area contributed by atoms with E-state index in [0.29, 0.717) is 12.1 Å². The van der Waals surface area contributed by atoms with Gasteiger partial charge in [-0.15, -0.1) is 0 Å². The van der Waals surface area contributed by atoms with Gasteiger partial charge < -0.3 is 15.0 Å². The molecule has 0 saturated heterocycles. The Labute approximate surface area is 147 Å². The Bertz CT molecular complexity index is 908. The fraction of sp³-hybridized carbons (Fsp3) is 0.190. The Morgan fingerprint density at radius 2 is 1.76 bits per heavy atom. The van der Waals surface area contributed by atoms with E-state index in [9.17, 15) is 4.79 Å². The van der Waals surface area contributed by atoms with Crippen LogP contribution in [0.15, 0.2) is 54.6 Å². The first-order chi connectivity index (χ1) is 12.0. The molecule has 0 saturated carbocycles. The maximum atomic E-state index is 11.8. The minimum atomic E-state index is -0.407. The van der Waals surface area contributed by atoms with E-state index in [1.54, 1.807) is 7.11 Å². The third-order valence-electron chi connectivity index (χ3n) is 4.61. The summed E-state index contributed by atoms with van der Waals surface area (Å²) < 4.78 is 7.38. The van der Waals surface area contributed by atoms with Crippen LogP contribution in [0.3, 0.4) is 0 Å². The fourth-order valence-corrected chi connectivity index (χ4v) is 3.06. The van der Waals surface area contributed by atoms with Crippen molar-refractivity contribution in [3.05, 3.63) is 77.0 Å². The van der Waals surface area contributed by atoms with Crippen molar-refractivity contribution in [1.82, 2.24) is 4.57 Å². The Kier molecular flexibility index (Phi) is 4.61. The fourth-order valence-electron chi connectivity index (χ4n) is 3.06. The largest absolute Gasteiger partial charge is 0.497 e. The van der Waals surface area contributed by atoms with E-state index in [1.807, 2.05) is 49.4 Å². The number of primary amides is 1. The quantitative estimate of drug-likeness (QED) is 0.768. The highest BCUT2D eigenvalue weighted by molar-refractivity contribution is 5.95. The molecular formula is C21H22N2O2. The van der Waals surface area contributed by atoms with Gasteiger partial charge in [-0.3, -0.25) is 4.79 Å². The minimum Gasteiger partial charge on any atom is -0.497 e. The molecule has 0 unspecified atom stereocenters. The number of carbonyl (C=O) groups excluding carboxylic acids is 1. The average molecular weight is 334 g/mol. The van der Waals surface area contributed by atoms with Crippen LogP contribution in [0.1, 0.15) is 27.2 Å².